The zero-order valence-corrected chi connectivity index (χ0v) is 11.6. The summed E-state index contributed by atoms with van der Waals surface area (Å²) in [6, 6.07) is 2.57. The molecule has 1 aromatic rings. The number of phenols is 1. The van der Waals surface area contributed by atoms with Gasteiger partial charge in [-0.25, -0.2) is 9.59 Å². The van der Waals surface area contributed by atoms with E-state index in [4.69, 9.17) is 9.84 Å². The van der Waals surface area contributed by atoms with E-state index in [1.807, 2.05) is 0 Å². The Labute approximate surface area is 119 Å². The Morgan fingerprint density at radius 1 is 1.24 bits per heavy atom. The lowest BCUT2D eigenvalue weighted by Gasteiger charge is -2.20. The maximum absolute atomic E-state index is 13.3. The predicted molar refractivity (Wildman–Crippen MR) is 69.5 cm³/mol. The number of anilines is 1. The molecule has 0 atom stereocenters. The maximum atomic E-state index is 13.3. The summed E-state index contributed by atoms with van der Waals surface area (Å²) in [5.41, 5.74) is -1.82. The number of carboxylic acid groups (broad SMARTS) is 1. The number of rotatable bonds is 3. The van der Waals surface area contributed by atoms with E-state index in [0.717, 1.165) is 18.2 Å². The van der Waals surface area contributed by atoms with E-state index in [0.29, 0.717) is 0 Å². The molecule has 6 nitrogen and oxygen atoms in total. The van der Waals surface area contributed by atoms with Crippen LogP contribution in [0, 0.1) is 0 Å². The molecule has 0 spiro atoms. The van der Waals surface area contributed by atoms with E-state index in [2.05, 4.69) is 5.32 Å². The number of halogens is 2. The Morgan fingerprint density at radius 3 is 2.24 bits per heavy atom. The van der Waals surface area contributed by atoms with E-state index < -0.39 is 34.9 Å². The second kappa shape index (κ2) is 5.55. The van der Waals surface area contributed by atoms with E-state index >= 15 is 0 Å². The molecule has 0 aliphatic heterocycles. The van der Waals surface area contributed by atoms with Crippen molar-refractivity contribution in [1.82, 2.24) is 0 Å². The summed E-state index contributed by atoms with van der Waals surface area (Å²) in [5, 5.41) is 20.1. The minimum absolute atomic E-state index is 0.00770. The van der Waals surface area contributed by atoms with Gasteiger partial charge in [-0.1, -0.05) is 0 Å². The van der Waals surface area contributed by atoms with Gasteiger partial charge >= 0.3 is 18.0 Å². The Morgan fingerprint density at radius 2 is 1.81 bits per heavy atom. The first kappa shape index (κ1) is 16.7. The fraction of sp³-hybridized carbons (Fsp3) is 0.385. The Balaban J connectivity index is 2.94. The largest absolute Gasteiger partial charge is 0.507 e. The Kier molecular flexibility index (Phi) is 4.40. The van der Waals surface area contributed by atoms with E-state index in [-0.39, 0.29) is 5.69 Å². The molecule has 3 N–H and O–H groups in total. The summed E-state index contributed by atoms with van der Waals surface area (Å²) in [4.78, 5) is 21.9. The van der Waals surface area contributed by atoms with Gasteiger partial charge in [0.2, 0.25) is 0 Å². The number of phenolic OH excluding ortho intramolecular Hbond substituents is 1. The quantitative estimate of drug-likeness (QED) is 0.798. The highest BCUT2D eigenvalue weighted by Crippen LogP contribution is 2.36. The van der Waals surface area contributed by atoms with Crippen molar-refractivity contribution in [1.29, 1.82) is 0 Å². The molecule has 0 saturated heterocycles. The maximum Gasteiger partial charge on any atom is 0.412 e. The summed E-state index contributed by atoms with van der Waals surface area (Å²) in [5.74, 6) is -7.56. The van der Waals surface area contributed by atoms with Gasteiger partial charge in [-0.15, -0.1) is 0 Å². The normalized spacial score (nSPS) is 11.9. The molecule has 0 saturated carbocycles. The van der Waals surface area contributed by atoms with Crippen LogP contribution in [0.4, 0.5) is 19.3 Å². The third kappa shape index (κ3) is 4.30. The van der Waals surface area contributed by atoms with Crippen LogP contribution in [0.2, 0.25) is 0 Å². The zero-order valence-electron chi connectivity index (χ0n) is 11.6. The smallest absolute Gasteiger partial charge is 0.412 e. The Hall–Kier alpha value is -2.38. The molecule has 21 heavy (non-hydrogen) atoms. The molecule has 8 heteroatoms. The van der Waals surface area contributed by atoms with Crippen LogP contribution in [0.15, 0.2) is 18.2 Å². The molecular weight excluding hydrogens is 288 g/mol. The van der Waals surface area contributed by atoms with Gasteiger partial charge in [0.1, 0.15) is 11.4 Å². The first-order valence-electron chi connectivity index (χ1n) is 5.88. The van der Waals surface area contributed by atoms with Crippen molar-refractivity contribution in [3.63, 3.8) is 0 Å². The standard InChI is InChI=1S/C13H15F2NO5/c1-12(2,3)21-11(20)16-7-4-5-8(9(17)6-7)13(14,15)10(18)19/h4-6,17H,1-3H3,(H,16,20)(H,18,19). The van der Waals surface area contributed by atoms with Crippen LogP contribution in [0.3, 0.4) is 0 Å². The molecule has 1 rings (SSSR count). The van der Waals surface area contributed by atoms with E-state index in [1.54, 1.807) is 20.8 Å². The number of carbonyl (C=O) groups is 2. The van der Waals surface area contributed by atoms with Crippen molar-refractivity contribution in [3.8, 4) is 5.75 Å². The van der Waals surface area contributed by atoms with Crippen LogP contribution in [-0.4, -0.2) is 27.9 Å². The highest BCUT2D eigenvalue weighted by atomic mass is 19.3. The lowest BCUT2D eigenvalue weighted by Crippen LogP contribution is -2.27. The fourth-order valence-electron chi connectivity index (χ4n) is 1.41. The topological polar surface area (TPSA) is 95.9 Å². The van der Waals surface area contributed by atoms with Crippen molar-refractivity contribution in [2.75, 3.05) is 5.32 Å². The van der Waals surface area contributed by atoms with Crippen molar-refractivity contribution < 1.29 is 33.3 Å². The summed E-state index contributed by atoms with van der Waals surface area (Å²) in [6.07, 6.45) is -0.834. The lowest BCUT2D eigenvalue weighted by molar-refractivity contribution is -0.166. The van der Waals surface area contributed by atoms with Crippen molar-refractivity contribution in [2.24, 2.45) is 0 Å². The van der Waals surface area contributed by atoms with Crippen molar-refractivity contribution in [3.05, 3.63) is 23.8 Å². The molecule has 1 aromatic carbocycles. The van der Waals surface area contributed by atoms with Gasteiger partial charge in [0, 0.05) is 11.8 Å². The van der Waals surface area contributed by atoms with Crippen molar-refractivity contribution in [2.45, 2.75) is 32.3 Å². The first-order valence-corrected chi connectivity index (χ1v) is 5.88. The average Bonchev–Trinajstić information content (AvgIpc) is 2.25. The van der Waals surface area contributed by atoms with Gasteiger partial charge in [-0.2, -0.15) is 8.78 Å². The van der Waals surface area contributed by atoms with E-state index in [9.17, 15) is 23.5 Å². The summed E-state index contributed by atoms with van der Waals surface area (Å²) < 4.78 is 31.5. The number of carbonyl (C=O) groups excluding carboxylic acids is 1. The lowest BCUT2D eigenvalue weighted by atomic mass is 10.1. The van der Waals surface area contributed by atoms with Gasteiger partial charge in [0.05, 0.1) is 5.56 Å². The number of amides is 1. The van der Waals surface area contributed by atoms with Crippen LogP contribution < -0.4 is 5.32 Å². The molecule has 0 radical (unpaired) electrons. The molecule has 0 bridgehead atoms. The van der Waals surface area contributed by atoms with Crippen molar-refractivity contribution >= 4 is 17.7 Å². The van der Waals surface area contributed by atoms with Gasteiger partial charge in [0.15, 0.2) is 0 Å². The van der Waals surface area contributed by atoms with E-state index in [1.165, 1.54) is 0 Å². The summed E-state index contributed by atoms with van der Waals surface area (Å²) in [7, 11) is 0. The molecule has 0 aromatic heterocycles. The fourth-order valence-corrected chi connectivity index (χ4v) is 1.41. The van der Waals surface area contributed by atoms with Crippen LogP contribution in [0.5, 0.6) is 5.75 Å². The molecule has 0 aliphatic carbocycles. The zero-order chi connectivity index (χ0) is 16.4. The number of nitrogens with one attached hydrogen (secondary N) is 1. The van der Waals surface area contributed by atoms with Crippen LogP contribution in [-0.2, 0) is 15.5 Å². The minimum Gasteiger partial charge on any atom is -0.507 e. The molecular formula is C13H15F2NO5. The van der Waals surface area contributed by atoms with Crippen LogP contribution in [0.25, 0.3) is 0 Å². The number of carboxylic acids is 1. The highest BCUT2D eigenvalue weighted by Gasteiger charge is 2.43. The molecule has 116 valence electrons. The highest BCUT2D eigenvalue weighted by molar-refractivity contribution is 5.86. The number of alkyl halides is 2. The third-order valence-electron chi connectivity index (χ3n) is 2.25. The first-order chi connectivity index (χ1) is 9.43. The third-order valence-corrected chi connectivity index (χ3v) is 2.25. The number of hydrogen-bond acceptors (Lipinski definition) is 4. The number of benzene rings is 1. The summed E-state index contributed by atoms with van der Waals surface area (Å²) >= 11 is 0. The second-order valence-corrected chi connectivity index (χ2v) is 5.24. The second-order valence-electron chi connectivity index (χ2n) is 5.24. The number of aliphatic carboxylic acids is 1. The van der Waals surface area contributed by atoms with Gasteiger partial charge in [-0.3, -0.25) is 5.32 Å². The predicted octanol–water partition coefficient (Wildman–Crippen LogP) is 2.92. The van der Waals surface area contributed by atoms with Gasteiger partial charge in [0.25, 0.3) is 0 Å². The molecule has 0 aliphatic rings. The number of ether oxygens (including phenoxy) is 1. The molecule has 0 unspecified atom stereocenters. The Bertz CT molecular complexity index is 566. The van der Waals surface area contributed by atoms with Gasteiger partial charge < -0.3 is 14.9 Å². The minimum atomic E-state index is -4.23. The number of aromatic hydroxyl groups is 1. The van der Waals surface area contributed by atoms with Crippen LogP contribution >= 0.6 is 0 Å². The molecule has 0 heterocycles. The SMILES string of the molecule is CC(C)(C)OC(=O)Nc1ccc(C(F)(F)C(=O)O)c(O)c1. The van der Waals surface area contributed by atoms with Crippen LogP contribution in [0.1, 0.15) is 26.3 Å². The molecule has 1 amide bonds. The average molecular weight is 303 g/mol. The molecule has 0 fully saturated rings. The summed E-state index contributed by atoms with van der Waals surface area (Å²) in [6.45, 7) is 4.92. The monoisotopic (exact) mass is 303 g/mol. The van der Waals surface area contributed by atoms with Gasteiger partial charge in [-0.05, 0) is 32.9 Å². The number of hydrogen-bond donors (Lipinski definition) is 3.